The molecule has 0 bridgehead atoms. The van der Waals surface area contributed by atoms with Crippen LogP contribution in [0.3, 0.4) is 0 Å². The molecule has 0 unspecified atom stereocenters. The molecule has 0 saturated heterocycles. The number of carbonyl (C=O) groups excluding carboxylic acids is 2. The molecule has 24 heavy (non-hydrogen) atoms. The zero-order valence-electron chi connectivity index (χ0n) is 12.7. The fraction of sp³-hybridized carbons (Fsp3) is 0.0588. The molecule has 2 rings (SSSR count). The molecule has 0 saturated carbocycles. The summed E-state index contributed by atoms with van der Waals surface area (Å²) in [6, 6.07) is 11.6. The molecular weight excluding hydrogens is 314 g/mol. The van der Waals surface area contributed by atoms with Gasteiger partial charge in [-0.05, 0) is 48.0 Å². The Labute approximate surface area is 137 Å². The quantitative estimate of drug-likeness (QED) is 0.275. The minimum Gasteiger partial charge on any atom is -0.465 e. The number of esters is 2. The summed E-state index contributed by atoms with van der Waals surface area (Å²) in [5.41, 5.74) is 0.942. The maximum Gasteiger partial charge on any atom is 0.337 e. The number of rotatable bonds is 5. The standard InChI is InChI=1S/C17H13NO6/c1-23-17(20)13-5-9-15(10-6-13)24-16(19)11-4-12-2-7-14(8-3-12)18(21)22/h2-11H,1H3/b11-4+. The minimum atomic E-state index is -0.612. The number of nitro groups is 1. The molecular formula is C17H13NO6. The van der Waals surface area contributed by atoms with Crippen molar-refractivity contribution in [1.29, 1.82) is 0 Å². The topological polar surface area (TPSA) is 95.7 Å². The maximum absolute atomic E-state index is 11.7. The molecule has 0 aliphatic heterocycles. The highest BCUT2D eigenvalue weighted by atomic mass is 16.6. The van der Waals surface area contributed by atoms with E-state index in [0.717, 1.165) is 0 Å². The van der Waals surface area contributed by atoms with E-state index in [9.17, 15) is 19.7 Å². The molecule has 2 aromatic rings. The Morgan fingerprint density at radius 1 is 1.04 bits per heavy atom. The summed E-state index contributed by atoms with van der Waals surface area (Å²) in [6.07, 6.45) is 2.68. The first-order chi connectivity index (χ1) is 11.5. The van der Waals surface area contributed by atoms with E-state index >= 15 is 0 Å². The Morgan fingerprint density at radius 2 is 1.67 bits per heavy atom. The van der Waals surface area contributed by atoms with Crippen LogP contribution >= 0.6 is 0 Å². The molecule has 0 aliphatic carbocycles. The highest BCUT2D eigenvalue weighted by Gasteiger charge is 2.06. The van der Waals surface area contributed by atoms with Crippen LogP contribution in [0.2, 0.25) is 0 Å². The number of carbonyl (C=O) groups is 2. The van der Waals surface area contributed by atoms with Crippen molar-refractivity contribution < 1.29 is 24.0 Å². The lowest BCUT2D eigenvalue weighted by molar-refractivity contribution is -0.384. The molecule has 0 N–H and O–H groups in total. The van der Waals surface area contributed by atoms with Crippen LogP contribution in [0.5, 0.6) is 5.75 Å². The number of hydrogen-bond acceptors (Lipinski definition) is 6. The average molecular weight is 327 g/mol. The van der Waals surface area contributed by atoms with Gasteiger partial charge in [0.2, 0.25) is 0 Å². The van der Waals surface area contributed by atoms with Crippen LogP contribution in [0.15, 0.2) is 54.6 Å². The van der Waals surface area contributed by atoms with Crippen molar-refractivity contribution >= 4 is 23.7 Å². The monoisotopic (exact) mass is 327 g/mol. The van der Waals surface area contributed by atoms with E-state index in [-0.39, 0.29) is 11.4 Å². The SMILES string of the molecule is COC(=O)c1ccc(OC(=O)/C=C/c2ccc([N+](=O)[O-])cc2)cc1. The Hall–Kier alpha value is -3.48. The van der Waals surface area contributed by atoms with Gasteiger partial charge in [0, 0.05) is 18.2 Å². The second-order valence-electron chi connectivity index (χ2n) is 4.62. The zero-order chi connectivity index (χ0) is 17.5. The maximum atomic E-state index is 11.7. The van der Waals surface area contributed by atoms with Gasteiger partial charge in [0.15, 0.2) is 0 Å². The van der Waals surface area contributed by atoms with E-state index in [0.29, 0.717) is 11.1 Å². The van der Waals surface area contributed by atoms with E-state index in [4.69, 9.17) is 4.74 Å². The Bertz CT molecular complexity index is 778. The van der Waals surface area contributed by atoms with Crippen molar-refractivity contribution in [2.24, 2.45) is 0 Å². The van der Waals surface area contributed by atoms with E-state index < -0.39 is 16.9 Å². The third-order valence-corrected chi connectivity index (χ3v) is 3.01. The molecule has 0 atom stereocenters. The van der Waals surface area contributed by atoms with Crippen LogP contribution in [-0.4, -0.2) is 24.0 Å². The fourth-order valence-corrected chi connectivity index (χ4v) is 1.80. The van der Waals surface area contributed by atoms with Gasteiger partial charge in [-0.1, -0.05) is 0 Å². The predicted octanol–water partition coefficient (Wildman–Crippen LogP) is 3.00. The summed E-state index contributed by atoms with van der Waals surface area (Å²) >= 11 is 0. The van der Waals surface area contributed by atoms with Gasteiger partial charge in [0.1, 0.15) is 5.75 Å². The van der Waals surface area contributed by atoms with Crippen LogP contribution in [-0.2, 0) is 9.53 Å². The van der Waals surface area contributed by atoms with Crippen LogP contribution < -0.4 is 4.74 Å². The van der Waals surface area contributed by atoms with Crippen molar-refractivity contribution in [3.05, 3.63) is 75.8 Å². The summed E-state index contributed by atoms with van der Waals surface area (Å²) in [5, 5.41) is 10.6. The molecule has 7 heteroatoms. The predicted molar refractivity (Wildman–Crippen MR) is 85.5 cm³/mol. The highest BCUT2D eigenvalue weighted by molar-refractivity contribution is 5.90. The molecule has 0 heterocycles. The molecule has 0 spiro atoms. The van der Waals surface area contributed by atoms with Gasteiger partial charge in [-0.15, -0.1) is 0 Å². The molecule has 2 aromatic carbocycles. The van der Waals surface area contributed by atoms with E-state index in [2.05, 4.69) is 4.74 Å². The van der Waals surface area contributed by atoms with Gasteiger partial charge in [0.25, 0.3) is 5.69 Å². The molecule has 0 aliphatic rings. The number of non-ortho nitro benzene ring substituents is 1. The lowest BCUT2D eigenvalue weighted by atomic mass is 10.2. The lowest BCUT2D eigenvalue weighted by Crippen LogP contribution is -2.05. The smallest absolute Gasteiger partial charge is 0.337 e. The Morgan fingerprint density at radius 3 is 2.21 bits per heavy atom. The summed E-state index contributed by atoms with van der Waals surface area (Å²) < 4.78 is 9.65. The van der Waals surface area contributed by atoms with Crippen LogP contribution in [0.4, 0.5) is 5.69 Å². The first-order valence-corrected chi connectivity index (χ1v) is 6.82. The second-order valence-corrected chi connectivity index (χ2v) is 4.62. The van der Waals surface area contributed by atoms with Gasteiger partial charge in [0.05, 0.1) is 17.6 Å². The van der Waals surface area contributed by atoms with E-state index in [1.807, 2.05) is 0 Å². The van der Waals surface area contributed by atoms with Crippen molar-refractivity contribution in [3.8, 4) is 5.75 Å². The van der Waals surface area contributed by atoms with E-state index in [1.54, 1.807) is 0 Å². The summed E-state index contributed by atoms with van der Waals surface area (Å²) in [7, 11) is 1.28. The fourth-order valence-electron chi connectivity index (χ4n) is 1.80. The molecule has 7 nitrogen and oxygen atoms in total. The van der Waals surface area contributed by atoms with Crippen molar-refractivity contribution in [2.45, 2.75) is 0 Å². The third kappa shape index (κ3) is 4.51. The van der Waals surface area contributed by atoms with Crippen LogP contribution in [0.25, 0.3) is 6.08 Å². The minimum absolute atomic E-state index is 0.0274. The summed E-state index contributed by atoms with van der Waals surface area (Å²) in [6.45, 7) is 0. The van der Waals surface area contributed by atoms with Crippen LogP contribution in [0.1, 0.15) is 15.9 Å². The number of methoxy groups -OCH3 is 1. The van der Waals surface area contributed by atoms with Gasteiger partial charge >= 0.3 is 11.9 Å². The number of nitro benzene ring substituents is 1. The van der Waals surface area contributed by atoms with Gasteiger partial charge in [-0.2, -0.15) is 0 Å². The summed E-state index contributed by atoms with van der Waals surface area (Å²) in [5.74, 6) is -0.814. The Balaban J connectivity index is 1.97. The van der Waals surface area contributed by atoms with Crippen molar-refractivity contribution in [3.63, 3.8) is 0 Å². The van der Waals surface area contributed by atoms with Crippen molar-refractivity contribution in [1.82, 2.24) is 0 Å². The first kappa shape index (κ1) is 16.9. The zero-order valence-corrected chi connectivity index (χ0v) is 12.7. The lowest BCUT2D eigenvalue weighted by Gasteiger charge is -2.02. The van der Waals surface area contributed by atoms with E-state index in [1.165, 1.54) is 67.8 Å². The van der Waals surface area contributed by atoms with Crippen LogP contribution in [0, 0.1) is 10.1 Å². The Kier molecular flexibility index (Phi) is 5.40. The second kappa shape index (κ2) is 7.68. The molecule has 0 aromatic heterocycles. The molecule has 0 fully saturated rings. The number of ether oxygens (including phenoxy) is 2. The van der Waals surface area contributed by atoms with Gasteiger partial charge in [-0.25, -0.2) is 9.59 Å². The number of hydrogen-bond donors (Lipinski definition) is 0. The first-order valence-electron chi connectivity index (χ1n) is 6.82. The third-order valence-electron chi connectivity index (χ3n) is 3.01. The largest absolute Gasteiger partial charge is 0.465 e. The molecule has 122 valence electrons. The molecule has 0 amide bonds. The van der Waals surface area contributed by atoms with Crippen molar-refractivity contribution in [2.75, 3.05) is 7.11 Å². The van der Waals surface area contributed by atoms with Gasteiger partial charge in [-0.3, -0.25) is 10.1 Å². The van der Waals surface area contributed by atoms with Gasteiger partial charge < -0.3 is 9.47 Å². The molecule has 0 radical (unpaired) electrons. The number of nitrogens with zero attached hydrogens (tertiary/aromatic N) is 1. The normalized spacial score (nSPS) is 10.4. The average Bonchev–Trinajstić information content (AvgIpc) is 2.60. The highest BCUT2D eigenvalue weighted by Crippen LogP contribution is 2.15. The number of benzene rings is 2. The summed E-state index contributed by atoms with van der Waals surface area (Å²) in [4.78, 5) is 33.1.